The van der Waals surface area contributed by atoms with E-state index in [1.54, 1.807) is 6.07 Å². The van der Waals surface area contributed by atoms with Gasteiger partial charge in [0.2, 0.25) is 0 Å². The van der Waals surface area contributed by atoms with Crippen LogP contribution < -0.4 is 11.1 Å². The van der Waals surface area contributed by atoms with Crippen LogP contribution in [-0.4, -0.2) is 58.2 Å². The number of halogens is 2. The maximum Gasteiger partial charge on any atom is 0.153 e. The number of hydrogen-bond acceptors (Lipinski definition) is 7. The smallest absolute Gasteiger partial charge is 0.153 e. The molecule has 4 rings (SSSR count). The van der Waals surface area contributed by atoms with Crippen LogP contribution in [0.2, 0.25) is 0 Å². The summed E-state index contributed by atoms with van der Waals surface area (Å²) in [6, 6.07) is 8.64. The molecule has 1 aliphatic heterocycles. The lowest BCUT2D eigenvalue weighted by atomic mass is 10.0. The molecular weight excluding hydrogens is 419 g/mol. The second kappa shape index (κ2) is 9.82. The summed E-state index contributed by atoms with van der Waals surface area (Å²) in [6.45, 7) is 9.22. The van der Waals surface area contributed by atoms with E-state index in [0.29, 0.717) is 34.7 Å². The van der Waals surface area contributed by atoms with Gasteiger partial charge in [-0.15, -0.1) is 12.4 Å². The lowest BCUT2D eigenvalue weighted by molar-refractivity contribution is 0.0269. The van der Waals surface area contributed by atoms with Crippen molar-refractivity contribution in [3.63, 3.8) is 0 Å². The molecule has 166 valence electrons. The van der Waals surface area contributed by atoms with Gasteiger partial charge in [-0.1, -0.05) is 0 Å². The lowest BCUT2D eigenvalue weighted by Crippen LogP contribution is -2.51. The highest BCUT2D eigenvalue weighted by Gasteiger charge is 2.22. The van der Waals surface area contributed by atoms with Crippen LogP contribution in [0.1, 0.15) is 19.4 Å². The molecule has 9 heteroatoms. The predicted octanol–water partition coefficient (Wildman–Crippen LogP) is 3.04. The Morgan fingerprint density at radius 1 is 1.16 bits per heavy atom. The summed E-state index contributed by atoms with van der Waals surface area (Å²) in [5, 5.41) is 3.56. The molecule has 0 spiro atoms. The predicted molar refractivity (Wildman–Crippen MR) is 123 cm³/mol. The van der Waals surface area contributed by atoms with Gasteiger partial charge in [-0.05, 0) is 49.7 Å². The van der Waals surface area contributed by atoms with Crippen molar-refractivity contribution >= 4 is 29.3 Å². The van der Waals surface area contributed by atoms with Gasteiger partial charge >= 0.3 is 0 Å². The first-order valence-electron chi connectivity index (χ1n) is 10.1. The van der Waals surface area contributed by atoms with E-state index in [1.165, 1.54) is 12.4 Å². The quantitative estimate of drug-likeness (QED) is 0.601. The summed E-state index contributed by atoms with van der Waals surface area (Å²) in [6.07, 6.45) is 1.41. The Labute approximate surface area is 187 Å². The molecule has 1 saturated heterocycles. The molecule has 1 fully saturated rings. The average molecular weight is 447 g/mol. The van der Waals surface area contributed by atoms with Crippen LogP contribution in [0.15, 0.2) is 36.7 Å². The number of pyridine rings is 1. The van der Waals surface area contributed by atoms with Crippen molar-refractivity contribution in [3.8, 4) is 11.3 Å². The number of ether oxygens (including phenoxy) is 1. The summed E-state index contributed by atoms with van der Waals surface area (Å²) in [7, 11) is 0. The van der Waals surface area contributed by atoms with Gasteiger partial charge < -0.3 is 15.8 Å². The number of morpholine rings is 1. The number of nitrogens with zero attached hydrogens (tertiary/aromatic N) is 4. The number of nitrogens with one attached hydrogen (secondary N) is 1. The van der Waals surface area contributed by atoms with Gasteiger partial charge in [0.1, 0.15) is 17.7 Å². The fourth-order valence-electron chi connectivity index (χ4n) is 3.74. The van der Waals surface area contributed by atoms with Crippen molar-refractivity contribution in [2.45, 2.75) is 25.9 Å². The molecule has 2 aromatic heterocycles. The van der Waals surface area contributed by atoms with E-state index in [9.17, 15) is 4.39 Å². The average Bonchev–Trinajstić information content (AvgIpc) is 2.72. The third kappa shape index (κ3) is 5.86. The van der Waals surface area contributed by atoms with Crippen LogP contribution in [0, 0.1) is 5.82 Å². The van der Waals surface area contributed by atoms with Crippen molar-refractivity contribution < 1.29 is 9.13 Å². The Hall–Kier alpha value is -2.39. The van der Waals surface area contributed by atoms with E-state index in [2.05, 4.69) is 39.0 Å². The van der Waals surface area contributed by atoms with Crippen LogP contribution in [0.25, 0.3) is 22.3 Å². The number of anilines is 1. The van der Waals surface area contributed by atoms with Gasteiger partial charge in [-0.3, -0.25) is 4.90 Å². The first-order chi connectivity index (χ1) is 14.4. The summed E-state index contributed by atoms with van der Waals surface area (Å²) < 4.78 is 19.8. The molecule has 0 unspecified atom stereocenters. The molecule has 1 aliphatic rings. The van der Waals surface area contributed by atoms with Gasteiger partial charge in [-0.2, -0.15) is 0 Å². The zero-order valence-corrected chi connectivity index (χ0v) is 18.6. The van der Waals surface area contributed by atoms with E-state index in [4.69, 9.17) is 10.5 Å². The number of fused-ring (bicyclic) bond motifs is 1. The lowest BCUT2D eigenvalue weighted by Gasteiger charge is -2.35. The number of nitrogen functional groups attached to an aromatic ring is 1. The number of hydrogen-bond donors (Lipinski definition) is 2. The number of benzene rings is 1. The largest absolute Gasteiger partial charge is 0.382 e. The zero-order chi connectivity index (χ0) is 21.1. The first kappa shape index (κ1) is 23.3. The van der Waals surface area contributed by atoms with Crippen LogP contribution >= 0.6 is 12.4 Å². The van der Waals surface area contributed by atoms with Crippen molar-refractivity contribution in [1.82, 2.24) is 25.2 Å². The maximum absolute atomic E-state index is 14.4. The molecule has 31 heavy (non-hydrogen) atoms. The monoisotopic (exact) mass is 446 g/mol. The minimum absolute atomic E-state index is 0. The Morgan fingerprint density at radius 2 is 1.94 bits per heavy atom. The van der Waals surface area contributed by atoms with Crippen LogP contribution in [0.4, 0.5) is 10.2 Å². The zero-order valence-electron chi connectivity index (χ0n) is 17.8. The SMILES string of the molecule is CC(C)(CN1CCOCC1)NCc1cc(F)cc(-c2ccc3ncnc(N)c3n2)c1.Cl. The molecule has 0 bridgehead atoms. The molecule has 7 nitrogen and oxygen atoms in total. The third-order valence-electron chi connectivity index (χ3n) is 5.26. The molecule has 0 saturated carbocycles. The van der Waals surface area contributed by atoms with Crippen molar-refractivity contribution in [3.05, 3.63) is 48.0 Å². The molecule has 0 aliphatic carbocycles. The maximum atomic E-state index is 14.4. The molecule has 3 heterocycles. The van der Waals surface area contributed by atoms with Crippen molar-refractivity contribution in [2.24, 2.45) is 0 Å². The summed E-state index contributed by atoms with van der Waals surface area (Å²) in [5.74, 6) is 0.0134. The molecule has 3 aromatic rings. The first-order valence-corrected chi connectivity index (χ1v) is 10.1. The standard InChI is InChI=1S/C22H27FN6O.ClH/c1-22(2,13-29-5-7-30-8-6-29)27-12-15-9-16(11-17(23)10-15)18-3-4-19-20(28-18)21(24)26-14-25-19;/h3-4,9-11,14,27H,5-8,12-13H2,1-2H3,(H2,24,25,26);1H. The third-order valence-corrected chi connectivity index (χ3v) is 5.26. The van der Waals surface area contributed by atoms with Crippen LogP contribution in [0.3, 0.4) is 0 Å². The normalized spacial score (nSPS) is 15.1. The minimum atomic E-state index is -0.297. The van der Waals surface area contributed by atoms with E-state index in [0.717, 1.165) is 38.4 Å². The Morgan fingerprint density at radius 3 is 2.71 bits per heavy atom. The molecule has 0 amide bonds. The summed E-state index contributed by atoms with van der Waals surface area (Å²) in [5.41, 5.74) is 9.19. The minimum Gasteiger partial charge on any atom is -0.382 e. The van der Waals surface area contributed by atoms with E-state index in [1.807, 2.05) is 18.2 Å². The van der Waals surface area contributed by atoms with Gasteiger partial charge in [-0.25, -0.2) is 19.3 Å². The molecule has 0 atom stereocenters. The number of nitrogens with two attached hydrogens (primary N) is 1. The fraction of sp³-hybridized carbons (Fsp3) is 0.409. The molecule has 1 aromatic carbocycles. The fourth-order valence-corrected chi connectivity index (χ4v) is 3.74. The second-order valence-electron chi connectivity index (χ2n) is 8.30. The van der Waals surface area contributed by atoms with E-state index < -0.39 is 0 Å². The van der Waals surface area contributed by atoms with Crippen LogP contribution in [-0.2, 0) is 11.3 Å². The topological polar surface area (TPSA) is 89.2 Å². The Balaban J connectivity index is 0.00000272. The summed E-state index contributed by atoms with van der Waals surface area (Å²) >= 11 is 0. The van der Waals surface area contributed by atoms with E-state index >= 15 is 0 Å². The van der Waals surface area contributed by atoms with Gasteiger partial charge in [0.15, 0.2) is 5.82 Å². The van der Waals surface area contributed by atoms with Crippen LogP contribution in [0.5, 0.6) is 0 Å². The highest BCUT2D eigenvalue weighted by Crippen LogP contribution is 2.24. The summed E-state index contributed by atoms with van der Waals surface area (Å²) in [4.78, 5) is 15.1. The molecular formula is C22H28ClFN6O. The van der Waals surface area contributed by atoms with Crippen molar-refractivity contribution in [2.75, 3.05) is 38.6 Å². The van der Waals surface area contributed by atoms with Gasteiger partial charge in [0, 0.05) is 37.3 Å². The number of rotatable bonds is 6. The molecule has 3 N–H and O–H groups in total. The number of aromatic nitrogens is 3. The second-order valence-corrected chi connectivity index (χ2v) is 8.30. The Bertz CT molecular complexity index is 1040. The highest BCUT2D eigenvalue weighted by atomic mass is 35.5. The highest BCUT2D eigenvalue weighted by molar-refractivity contribution is 5.86. The van der Waals surface area contributed by atoms with Gasteiger partial charge in [0.25, 0.3) is 0 Å². The Kier molecular flexibility index (Phi) is 7.38. The van der Waals surface area contributed by atoms with Crippen molar-refractivity contribution in [1.29, 1.82) is 0 Å². The van der Waals surface area contributed by atoms with Gasteiger partial charge in [0.05, 0.1) is 24.4 Å². The van der Waals surface area contributed by atoms with E-state index in [-0.39, 0.29) is 23.8 Å². The molecule has 0 radical (unpaired) electrons.